The Bertz CT molecular complexity index is 949. The van der Waals surface area contributed by atoms with Crippen molar-refractivity contribution in [2.45, 2.75) is 32.2 Å². The molecule has 0 unspecified atom stereocenters. The lowest BCUT2D eigenvalue weighted by Gasteiger charge is -2.13. The maximum absolute atomic E-state index is 11.1. The van der Waals surface area contributed by atoms with Crippen LogP contribution < -0.4 is 15.5 Å². The minimum Gasteiger partial charge on any atom is -0.489 e. The fourth-order valence-electron chi connectivity index (χ4n) is 3.23. The number of nitrogens with one attached hydrogen (secondary N) is 2. The molecule has 1 aromatic heterocycles. The van der Waals surface area contributed by atoms with E-state index < -0.39 is 0 Å². The van der Waals surface area contributed by atoms with Crippen LogP contribution in [0.3, 0.4) is 0 Å². The summed E-state index contributed by atoms with van der Waals surface area (Å²) >= 11 is 1.74. The van der Waals surface area contributed by atoms with Crippen molar-refractivity contribution >= 4 is 28.0 Å². The van der Waals surface area contributed by atoms with Crippen LogP contribution in [0, 0.1) is 0 Å². The van der Waals surface area contributed by atoms with Crippen molar-refractivity contribution in [2.24, 2.45) is 0 Å². The van der Waals surface area contributed by atoms with Crippen LogP contribution in [0.1, 0.15) is 30.6 Å². The average Bonchev–Trinajstić information content (AvgIpc) is 3.30. The maximum atomic E-state index is 11.1. The van der Waals surface area contributed by atoms with E-state index in [4.69, 9.17) is 9.94 Å². The molecule has 30 heavy (non-hydrogen) atoms. The van der Waals surface area contributed by atoms with Crippen molar-refractivity contribution in [3.63, 3.8) is 0 Å². The first-order valence-corrected chi connectivity index (χ1v) is 11.1. The van der Waals surface area contributed by atoms with Gasteiger partial charge in [0.25, 0.3) is 0 Å². The molecule has 3 rings (SSSR count). The number of amides is 1. The molecule has 3 N–H and O–H groups in total. The summed E-state index contributed by atoms with van der Waals surface area (Å²) in [7, 11) is 0. The number of allylic oxidation sites excluding steroid dienone is 1. The summed E-state index contributed by atoms with van der Waals surface area (Å²) in [5, 5.41) is 16.4. The van der Waals surface area contributed by atoms with Gasteiger partial charge in [-0.25, -0.2) is 5.48 Å². The molecule has 0 aliphatic carbocycles. The van der Waals surface area contributed by atoms with Gasteiger partial charge in [0.2, 0.25) is 5.91 Å². The Hall–Kier alpha value is -2.67. The van der Waals surface area contributed by atoms with E-state index in [1.165, 1.54) is 15.8 Å². The molecule has 0 bridgehead atoms. The molecule has 0 spiro atoms. The van der Waals surface area contributed by atoms with Crippen LogP contribution in [0.15, 0.2) is 71.6 Å². The lowest BCUT2D eigenvalue weighted by molar-refractivity contribution is -0.129. The summed E-state index contributed by atoms with van der Waals surface area (Å²) in [4.78, 5) is 12.4. The zero-order valence-electron chi connectivity index (χ0n) is 17.0. The Kier molecular flexibility index (Phi) is 8.90. The number of hydrogen-bond donors (Lipinski definition) is 3. The summed E-state index contributed by atoms with van der Waals surface area (Å²) in [6.45, 7) is 2.10. The van der Waals surface area contributed by atoms with E-state index in [1.807, 2.05) is 24.3 Å². The van der Waals surface area contributed by atoms with Crippen LogP contribution in [-0.4, -0.2) is 24.3 Å². The second-order valence-corrected chi connectivity index (χ2v) is 8.12. The van der Waals surface area contributed by atoms with Crippen molar-refractivity contribution in [3.8, 4) is 5.75 Å². The predicted molar refractivity (Wildman–Crippen MR) is 122 cm³/mol. The monoisotopic (exact) mass is 424 g/mol. The molecule has 0 fully saturated rings. The van der Waals surface area contributed by atoms with Gasteiger partial charge in [0, 0.05) is 29.8 Å². The number of rotatable bonds is 12. The molecule has 3 aromatic rings. The van der Waals surface area contributed by atoms with Gasteiger partial charge in [0.1, 0.15) is 12.4 Å². The fourth-order valence-corrected chi connectivity index (χ4v) is 3.90. The van der Waals surface area contributed by atoms with Gasteiger partial charge in [-0.3, -0.25) is 10.0 Å². The Morgan fingerprint density at radius 2 is 1.93 bits per heavy atom. The Morgan fingerprint density at radius 1 is 1.07 bits per heavy atom. The summed E-state index contributed by atoms with van der Waals surface area (Å²) in [5.41, 5.74) is 2.86. The predicted octanol–water partition coefficient (Wildman–Crippen LogP) is 5.06. The SMILES string of the molecule is O=C(CCCC/C=C(/CNCc1cccs1)COc1cccc2ccccc12)NO. The number of carbonyl (C=O) groups excluding carboxylic acids is 1. The number of hydroxylamine groups is 1. The highest BCUT2D eigenvalue weighted by molar-refractivity contribution is 7.09. The first-order valence-electron chi connectivity index (χ1n) is 10.2. The lowest BCUT2D eigenvalue weighted by atomic mass is 10.1. The zero-order chi connectivity index (χ0) is 21.0. The molecule has 2 aromatic carbocycles. The highest BCUT2D eigenvalue weighted by Crippen LogP contribution is 2.25. The number of hydrogen-bond acceptors (Lipinski definition) is 5. The number of benzene rings is 2. The number of thiophene rings is 1. The highest BCUT2D eigenvalue weighted by Gasteiger charge is 2.05. The van der Waals surface area contributed by atoms with E-state index in [9.17, 15) is 4.79 Å². The molecule has 0 saturated heterocycles. The van der Waals surface area contributed by atoms with Gasteiger partial charge >= 0.3 is 0 Å². The highest BCUT2D eigenvalue weighted by atomic mass is 32.1. The minimum absolute atomic E-state index is 0.336. The van der Waals surface area contributed by atoms with E-state index in [0.29, 0.717) is 13.0 Å². The van der Waals surface area contributed by atoms with Gasteiger partial charge in [0.15, 0.2) is 0 Å². The summed E-state index contributed by atoms with van der Waals surface area (Å²) in [6.07, 6.45) is 5.03. The Labute approximate surface area is 181 Å². The van der Waals surface area contributed by atoms with Crippen LogP contribution >= 0.6 is 11.3 Å². The number of fused-ring (bicyclic) bond motifs is 1. The van der Waals surface area contributed by atoms with Gasteiger partial charge in [0.05, 0.1) is 0 Å². The molecule has 1 amide bonds. The molecule has 0 aliphatic rings. The van der Waals surface area contributed by atoms with Crippen LogP contribution in [0.5, 0.6) is 5.75 Å². The van der Waals surface area contributed by atoms with E-state index in [2.05, 4.69) is 47.1 Å². The number of ether oxygens (including phenoxy) is 1. The van der Waals surface area contributed by atoms with Crippen molar-refractivity contribution in [2.75, 3.05) is 13.2 Å². The molecule has 5 nitrogen and oxygen atoms in total. The van der Waals surface area contributed by atoms with Crippen molar-refractivity contribution < 1.29 is 14.7 Å². The van der Waals surface area contributed by atoms with Crippen molar-refractivity contribution in [1.29, 1.82) is 0 Å². The zero-order valence-corrected chi connectivity index (χ0v) is 17.8. The Morgan fingerprint density at radius 3 is 2.77 bits per heavy atom. The lowest BCUT2D eigenvalue weighted by Crippen LogP contribution is -2.19. The van der Waals surface area contributed by atoms with Crippen LogP contribution in [0.4, 0.5) is 0 Å². The number of unbranched alkanes of at least 4 members (excludes halogenated alkanes) is 2. The van der Waals surface area contributed by atoms with Gasteiger partial charge in [-0.1, -0.05) is 48.5 Å². The maximum Gasteiger partial charge on any atom is 0.243 e. The fraction of sp³-hybridized carbons (Fsp3) is 0.292. The summed E-state index contributed by atoms with van der Waals surface area (Å²) < 4.78 is 6.18. The smallest absolute Gasteiger partial charge is 0.243 e. The van der Waals surface area contributed by atoms with E-state index >= 15 is 0 Å². The third-order valence-electron chi connectivity index (χ3n) is 4.81. The molecular formula is C24H28N2O3S. The first kappa shape index (κ1) is 22.0. The largest absolute Gasteiger partial charge is 0.489 e. The topological polar surface area (TPSA) is 70.6 Å². The third-order valence-corrected chi connectivity index (χ3v) is 5.69. The normalized spacial score (nSPS) is 11.6. The second-order valence-electron chi connectivity index (χ2n) is 7.09. The molecular weight excluding hydrogens is 396 g/mol. The number of carbonyl (C=O) groups is 1. The molecule has 0 aliphatic heterocycles. The van der Waals surface area contributed by atoms with Gasteiger partial charge < -0.3 is 10.1 Å². The average molecular weight is 425 g/mol. The van der Waals surface area contributed by atoms with Crippen LogP contribution in [0.2, 0.25) is 0 Å². The van der Waals surface area contributed by atoms with Crippen LogP contribution in [0.25, 0.3) is 10.8 Å². The van der Waals surface area contributed by atoms with Gasteiger partial charge in [-0.2, -0.15) is 0 Å². The van der Waals surface area contributed by atoms with Gasteiger partial charge in [-0.15, -0.1) is 11.3 Å². The quantitative estimate of drug-likeness (QED) is 0.164. The molecule has 6 heteroatoms. The van der Waals surface area contributed by atoms with E-state index in [1.54, 1.807) is 16.8 Å². The van der Waals surface area contributed by atoms with Crippen LogP contribution in [-0.2, 0) is 11.3 Å². The third kappa shape index (κ3) is 6.99. The first-order chi connectivity index (χ1) is 14.8. The molecule has 158 valence electrons. The minimum atomic E-state index is -0.337. The standard InChI is InChI=1S/C24H28N2O3S/c27-24(26-28)14-3-1-2-8-19(16-25-17-21-11-7-15-30-21)18-29-23-13-6-10-20-9-4-5-12-22(20)23/h4-13,15,25,28H,1-3,14,16-18H2,(H,26,27)/b19-8-. The van der Waals surface area contributed by atoms with Crippen molar-refractivity contribution in [3.05, 3.63) is 76.5 Å². The Balaban J connectivity index is 1.57. The molecule has 0 radical (unpaired) electrons. The molecule has 0 atom stereocenters. The van der Waals surface area contributed by atoms with E-state index in [0.717, 1.165) is 43.5 Å². The van der Waals surface area contributed by atoms with E-state index in [-0.39, 0.29) is 5.91 Å². The molecule has 0 saturated carbocycles. The van der Waals surface area contributed by atoms with Crippen molar-refractivity contribution in [1.82, 2.24) is 10.8 Å². The summed E-state index contributed by atoms with van der Waals surface area (Å²) in [6, 6.07) is 18.5. The second kappa shape index (κ2) is 12.1. The summed E-state index contributed by atoms with van der Waals surface area (Å²) in [5.74, 6) is 0.549. The molecule has 1 heterocycles. The van der Waals surface area contributed by atoms with Gasteiger partial charge in [-0.05, 0) is 47.7 Å².